The van der Waals surface area contributed by atoms with Gasteiger partial charge >= 0.3 is 0 Å². The second-order valence-electron chi connectivity index (χ2n) is 6.75. The Hall–Kier alpha value is -3.36. The van der Waals surface area contributed by atoms with Gasteiger partial charge in [0.25, 0.3) is 11.8 Å². The Morgan fingerprint density at radius 3 is 2.72 bits per heavy atom. The summed E-state index contributed by atoms with van der Waals surface area (Å²) in [5.41, 5.74) is 2.53. The second kappa shape index (κ2) is 8.76. The van der Waals surface area contributed by atoms with Crippen molar-refractivity contribution in [1.29, 1.82) is 0 Å². The Kier molecular flexibility index (Phi) is 6.16. The molecule has 154 valence electrons. The van der Waals surface area contributed by atoms with Crippen molar-refractivity contribution >= 4 is 17.7 Å². The summed E-state index contributed by atoms with van der Waals surface area (Å²) in [6, 6.07) is 6.92. The van der Waals surface area contributed by atoms with Gasteiger partial charge in [-0.15, -0.1) is 0 Å². The number of fused-ring (bicyclic) bond motifs is 1. The van der Waals surface area contributed by atoms with Gasteiger partial charge in [0.2, 0.25) is 5.91 Å². The van der Waals surface area contributed by atoms with Crippen LogP contribution in [0.3, 0.4) is 0 Å². The normalized spacial score (nSPS) is 12.9. The van der Waals surface area contributed by atoms with Gasteiger partial charge in [-0.2, -0.15) is 5.10 Å². The number of nitrogens with one attached hydrogen (secondary N) is 2. The van der Waals surface area contributed by atoms with E-state index < -0.39 is 0 Å². The zero-order valence-electron chi connectivity index (χ0n) is 16.8. The van der Waals surface area contributed by atoms with Crippen molar-refractivity contribution in [3.63, 3.8) is 0 Å². The summed E-state index contributed by atoms with van der Waals surface area (Å²) in [5.74, 6) is 0.0888. The predicted molar refractivity (Wildman–Crippen MR) is 106 cm³/mol. The molecule has 0 aliphatic carbocycles. The highest BCUT2D eigenvalue weighted by atomic mass is 16.5. The van der Waals surface area contributed by atoms with E-state index in [2.05, 4.69) is 15.7 Å². The molecule has 0 fully saturated rings. The van der Waals surface area contributed by atoms with E-state index in [9.17, 15) is 14.4 Å². The summed E-state index contributed by atoms with van der Waals surface area (Å²) in [4.78, 5) is 38.0. The van der Waals surface area contributed by atoms with Crippen molar-refractivity contribution in [2.24, 2.45) is 0 Å². The number of carbonyl (C=O) groups excluding carboxylic acids is 3. The molecule has 1 aromatic heterocycles. The van der Waals surface area contributed by atoms with Gasteiger partial charge in [0.1, 0.15) is 5.75 Å². The van der Waals surface area contributed by atoms with Crippen LogP contribution in [-0.2, 0) is 24.3 Å². The summed E-state index contributed by atoms with van der Waals surface area (Å²) in [5, 5.41) is 9.91. The largest absolute Gasteiger partial charge is 0.497 e. The van der Waals surface area contributed by atoms with E-state index in [1.54, 1.807) is 48.0 Å². The number of hydrogen-bond acceptors (Lipinski definition) is 5. The summed E-state index contributed by atoms with van der Waals surface area (Å²) in [7, 11) is 3.10. The first-order chi connectivity index (χ1) is 13.9. The summed E-state index contributed by atoms with van der Waals surface area (Å²) in [6.45, 7) is 3.24. The third-order valence-electron chi connectivity index (χ3n) is 4.96. The van der Waals surface area contributed by atoms with Crippen LogP contribution < -0.4 is 15.4 Å². The lowest BCUT2D eigenvalue weighted by atomic mass is 10.0. The number of rotatable bonds is 6. The minimum Gasteiger partial charge on any atom is -0.497 e. The fourth-order valence-corrected chi connectivity index (χ4v) is 3.39. The molecule has 2 N–H and O–H groups in total. The van der Waals surface area contributed by atoms with Crippen LogP contribution in [0.1, 0.15) is 39.0 Å². The van der Waals surface area contributed by atoms with Crippen LogP contribution in [-0.4, -0.2) is 59.6 Å². The standard InChI is InChI=1S/C20H25N5O4/c1-13(26)24-9-7-17-16(12-24)18(20(28)21-2)23-25(17)10-8-22-19(27)14-5-4-6-15(11-14)29-3/h4-6,11H,7-10,12H2,1-3H3,(H,21,28)(H,22,27). The van der Waals surface area contributed by atoms with Crippen LogP contribution >= 0.6 is 0 Å². The Labute approximate surface area is 169 Å². The molecular formula is C20H25N5O4. The van der Waals surface area contributed by atoms with Gasteiger partial charge in [-0.25, -0.2) is 0 Å². The van der Waals surface area contributed by atoms with Gasteiger partial charge in [0, 0.05) is 56.8 Å². The van der Waals surface area contributed by atoms with Crippen molar-refractivity contribution in [3.8, 4) is 5.75 Å². The molecule has 3 amide bonds. The molecule has 0 radical (unpaired) electrons. The molecule has 0 saturated heterocycles. The summed E-state index contributed by atoms with van der Waals surface area (Å²) < 4.78 is 6.90. The predicted octanol–water partition coefficient (Wildman–Crippen LogP) is 0.586. The van der Waals surface area contributed by atoms with E-state index in [0.29, 0.717) is 49.6 Å². The number of carbonyl (C=O) groups is 3. The molecule has 1 aliphatic heterocycles. The molecule has 0 spiro atoms. The number of aromatic nitrogens is 2. The molecule has 1 aliphatic rings. The number of benzene rings is 1. The van der Waals surface area contributed by atoms with Crippen LogP contribution in [0, 0.1) is 0 Å². The van der Waals surface area contributed by atoms with Crippen LogP contribution in [0.2, 0.25) is 0 Å². The molecule has 9 nitrogen and oxygen atoms in total. The molecule has 2 heterocycles. The minimum atomic E-state index is -0.286. The fraction of sp³-hybridized carbons (Fsp3) is 0.400. The van der Waals surface area contributed by atoms with E-state index >= 15 is 0 Å². The smallest absolute Gasteiger partial charge is 0.271 e. The van der Waals surface area contributed by atoms with Crippen molar-refractivity contribution in [2.45, 2.75) is 26.4 Å². The van der Waals surface area contributed by atoms with E-state index in [-0.39, 0.29) is 17.7 Å². The van der Waals surface area contributed by atoms with Gasteiger partial charge in [0.15, 0.2) is 5.69 Å². The third kappa shape index (κ3) is 4.39. The zero-order chi connectivity index (χ0) is 21.0. The maximum atomic E-state index is 12.4. The lowest BCUT2D eigenvalue weighted by Gasteiger charge is -2.26. The molecule has 9 heteroatoms. The van der Waals surface area contributed by atoms with Crippen molar-refractivity contribution in [3.05, 3.63) is 46.8 Å². The molecule has 2 aromatic rings. The fourth-order valence-electron chi connectivity index (χ4n) is 3.39. The molecule has 1 aromatic carbocycles. The van der Waals surface area contributed by atoms with Crippen molar-refractivity contribution < 1.29 is 19.1 Å². The van der Waals surface area contributed by atoms with Gasteiger partial charge in [-0.1, -0.05) is 6.07 Å². The number of nitrogens with zero attached hydrogens (tertiary/aromatic N) is 3. The van der Waals surface area contributed by atoms with Crippen molar-refractivity contribution in [1.82, 2.24) is 25.3 Å². The Morgan fingerprint density at radius 2 is 2.03 bits per heavy atom. The molecule has 3 rings (SSSR count). The van der Waals surface area contributed by atoms with Crippen LogP contribution in [0.15, 0.2) is 24.3 Å². The lowest BCUT2D eigenvalue weighted by molar-refractivity contribution is -0.129. The molecule has 0 bridgehead atoms. The topological polar surface area (TPSA) is 106 Å². The molecular weight excluding hydrogens is 374 g/mol. The highest BCUT2D eigenvalue weighted by molar-refractivity contribution is 5.95. The van der Waals surface area contributed by atoms with E-state index in [0.717, 1.165) is 11.3 Å². The number of hydrogen-bond donors (Lipinski definition) is 2. The van der Waals surface area contributed by atoms with Gasteiger partial charge < -0.3 is 20.3 Å². The highest BCUT2D eigenvalue weighted by Crippen LogP contribution is 2.23. The highest BCUT2D eigenvalue weighted by Gasteiger charge is 2.28. The maximum Gasteiger partial charge on any atom is 0.271 e. The second-order valence-corrected chi connectivity index (χ2v) is 6.75. The third-order valence-corrected chi connectivity index (χ3v) is 4.96. The van der Waals surface area contributed by atoms with Gasteiger partial charge in [-0.3, -0.25) is 19.1 Å². The average Bonchev–Trinajstić information content (AvgIpc) is 3.11. The maximum absolute atomic E-state index is 12.4. The Morgan fingerprint density at radius 1 is 1.24 bits per heavy atom. The zero-order valence-corrected chi connectivity index (χ0v) is 16.8. The van der Waals surface area contributed by atoms with Crippen LogP contribution in [0.5, 0.6) is 5.75 Å². The molecule has 29 heavy (non-hydrogen) atoms. The quantitative estimate of drug-likeness (QED) is 0.740. The SMILES string of the molecule is CNC(=O)c1nn(CCNC(=O)c2cccc(OC)c2)c2c1CN(C(C)=O)CC2. The monoisotopic (exact) mass is 399 g/mol. The lowest BCUT2D eigenvalue weighted by Crippen LogP contribution is -2.36. The first-order valence-electron chi connectivity index (χ1n) is 9.43. The van der Waals surface area contributed by atoms with Crippen LogP contribution in [0.4, 0.5) is 0 Å². The van der Waals surface area contributed by atoms with Gasteiger partial charge in [0.05, 0.1) is 13.7 Å². The van der Waals surface area contributed by atoms with Crippen LogP contribution in [0.25, 0.3) is 0 Å². The Bertz CT molecular complexity index is 937. The molecule has 0 saturated carbocycles. The van der Waals surface area contributed by atoms with Gasteiger partial charge in [-0.05, 0) is 18.2 Å². The number of ether oxygens (including phenoxy) is 1. The summed E-state index contributed by atoms with van der Waals surface area (Å²) >= 11 is 0. The Balaban J connectivity index is 1.72. The number of amides is 3. The summed E-state index contributed by atoms with van der Waals surface area (Å²) in [6.07, 6.45) is 0.614. The van der Waals surface area contributed by atoms with E-state index in [1.165, 1.54) is 6.92 Å². The first-order valence-corrected chi connectivity index (χ1v) is 9.43. The average molecular weight is 399 g/mol. The first kappa shape index (κ1) is 20.4. The van der Waals surface area contributed by atoms with E-state index in [1.807, 2.05) is 0 Å². The molecule has 0 unspecified atom stereocenters. The minimum absolute atomic E-state index is 0.0307. The van der Waals surface area contributed by atoms with E-state index in [4.69, 9.17) is 4.74 Å². The number of methoxy groups -OCH3 is 1. The van der Waals surface area contributed by atoms with Crippen molar-refractivity contribution in [2.75, 3.05) is 27.2 Å². The molecule has 0 atom stereocenters.